The summed E-state index contributed by atoms with van der Waals surface area (Å²) < 4.78 is 40.2. The average molecular weight is 422 g/mol. The van der Waals surface area contributed by atoms with E-state index in [4.69, 9.17) is 5.21 Å². The summed E-state index contributed by atoms with van der Waals surface area (Å²) in [6.45, 7) is 1.28. The number of hydrogen-bond donors (Lipinski definition) is 4. The lowest BCUT2D eigenvalue weighted by Crippen LogP contribution is -2.51. The minimum Gasteiger partial charge on any atom is -0.406 e. The van der Waals surface area contributed by atoms with Crippen LogP contribution in [0, 0.1) is 11.8 Å². The molecule has 2 aromatic carbocycles. The third-order valence-electron chi connectivity index (χ3n) is 3.75. The van der Waals surface area contributed by atoms with Crippen molar-refractivity contribution in [2.45, 2.75) is 25.4 Å². The zero-order valence-corrected chi connectivity index (χ0v) is 15.5. The minimum atomic E-state index is -4.77. The molecule has 0 aliphatic rings. The lowest BCUT2D eigenvalue weighted by atomic mass is 10.1. The van der Waals surface area contributed by atoms with Crippen molar-refractivity contribution >= 4 is 11.8 Å². The van der Waals surface area contributed by atoms with Crippen molar-refractivity contribution in [1.82, 2.24) is 10.8 Å². The predicted molar refractivity (Wildman–Crippen MR) is 98.4 cm³/mol. The highest BCUT2D eigenvalue weighted by Crippen LogP contribution is 2.22. The van der Waals surface area contributed by atoms with Gasteiger partial charge in [-0.25, -0.2) is 5.48 Å². The molecule has 2 atom stereocenters. The Labute approximate surface area is 169 Å². The van der Waals surface area contributed by atoms with Crippen LogP contribution in [0.25, 0.3) is 0 Å². The van der Waals surface area contributed by atoms with Crippen molar-refractivity contribution in [3.8, 4) is 17.6 Å². The molecule has 0 saturated carbocycles. The monoisotopic (exact) mass is 422 g/mol. The van der Waals surface area contributed by atoms with Crippen LogP contribution < -0.4 is 15.5 Å². The summed E-state index contributed by atoms with van der Waals surface area (Å²) in [7, 11) is 0. The standard InChI is InChI=1S/C20H17F3N2O5/c1-12(26)17(19(28)25-29)24-18(27)15-8-4-13(5-9-15)2-3-14-6-10-16(11-7-14)30-20(21,22)23/h4-12,17,26,29H,1H3,(H,24,27)(H,25,28). The van der Waals surface area contributed by atoms with Crippen LogP contribution in [0.4, 0.5) is 13.2 Å². The number of nitrogens with one attached hydrogen (secondary N) is 2. The topological polar surface area (TPSA) is 108 Å². The van der Waals surface area contributed by atoms with Crippen molar-refractivity contribution < 1.29 is 37.8 Å². The Morgan fingerprint density at radius 3 is 1.93 bits per heavy atom. The number of carbonyl (C=O) groups excluding carboxylic acids is 2. The Hall–Kier alpha value is -3.55. The molecule has 0 bridgehead atoms. The second-order valence-electron chi connectivity index (χ2n) is 6.07. The van der Waals surface area contributed by atoms with Gasteiger partial charge in [-0.2, -0.15) is 0 Å². The van der Waals surface area contributed by atoms with Crippen LogP contribution >= 0.6 is 0 Å². The molecule has 10 heteroatoms. The number of benzene rings is 2. The van der Waals surface area contributed by atoms with Crippen LogP contribution in [-0.4, -0.2) is 40.6 Å². The molecule has 2 unspecified atom stereocenters. The highest BCUT2D eigenvalue weighted by atomic mass is 19.4. The van der Waals surface area contributed by atoms with Gasteiger partial charge in [0.2, 0.25) is 0 Å². The van der Waals surface area contributed by atoms with Crippen LogP contribution in [0.5, 0.6) is 5.75 Å². The van der Waals surface area contributed by atoms with E-state index in [9.17, 15) is 27.9 Å². The summed E-state index contributed by atoms with van der Waals surface area (Å²) in [5.74, 6) is 3.60. The zero-order valence-electron chi connectivity index (χ0n) is 15.5. The van der Waals surface area contributed by atoms with Gasteiger partial charge < -0.3 is 15.2 Å². The average Bonchev–Trinajstić information content (AvgIpc) is 2.69. The Kier molecular flexibility index (Phi) is 7.41. The van der Waals surface area contributed by atoms with Crippen molar-refractivity contribution in [2.24, 2.45) is 0 Å². The fraction of sp³-hybridized carbons (Fsp3) is 0.200. The lowest BCUT2D eigenvalue weighted by molar-refractivity contribution is -0.274. The number of rotatable bonds is 5. The maximum atomic E-state index is 12.2. The number of hydroxylamine groups is 1. The van der Waals surface area contributed by atoms with Crippen LogP contribution in [-0.2, 0) is 4.79 Å². The smallest absolute Gasteiger partial charge is 0.406 e. The molecule has 0 heterocycles. The van der Waals surface area contributed by atoms with E-state index >= 15 is 0 Å². The number of carbonyl (C=O) groups is 2. The maximum Gasteiger partial charge on any atom is 0.573 e. The molecule has 0 aliphatic heterocycles. The summed E-state index contributed by atoms with van der Waals surface area (Å²) in [5.41, 5.74) is 2.54. The second kappa shape index (κ2) is 9.78. The van der Waals surface area contributed by atoms with Gasteiger partial charge in [-0.3, -0.25) is 14.8 Å². The minimum absolute atomic E-state index is 0.186. The van der Waals surface area contributed by atoms with Gasteiger partial charge >= 0.3 is 6.36 Å². The van der Waals surface area contributed by atoms with Crippen molar-refractivity contribution in [3.63, 3.8) is 0 Å². The largest absolute Gasteiger partial charge is 0.573 e. The summed E-state index contributed by atoms with van der Waals surface area (Å²) in [5, 5.41) is 20.5. The lowest BCUT2D eigenvalue weighted by Gasteiger charge is -2.19. The number of halogens is 3. The molecule has 7 nitrogen and oxygen atoms in total. The van der Waals surface area contributed by atoms with Crippen molar-refractivity contribution in [2.75, 3.05) is 0 Å². The summed E-state index contributed by atoms with van der Waals surface area (Å²) in [6.07, 6.45) is -6.00. The molecule has 2 amide bonds. The zero-order chi connectivity index (χ0) is 22.3. The van der Waals surface area contributed by atoms with E-state index < -0.39 is 30.3 Å². The number of alkyl halides is 3. The first kappa shape index (κ1) is 22.7. The van der Waals surface area contributed by atoms with E-state index in [2.05, 4.69) is 21.9 Å². The number of hydrogen-bond acceptors (Lipinski definition) is 5. The summed E-state index contributed by atoms with van der Waals surface area (Å²) in [6, 6.07) is 9.64. The van der Waals surface area contributed by atoms with E-state index in [0.29, 0.717) is 11.1 Å². The van der Waals surface area contributed by atoms with Gasteiger partial charge in [0.25, 0.3) is 11.8 Å². The normalized spacial score (nSPS) is 12.7. The molecule has 2 aromatic rings. The molecular formula is C20H17F3N2O5. The number of amides is 2. The molecule has 0 radical (unpaired) electrons. The summed E-state index contributed by atoms with van der Waals surface area (Å²) in [4.78, 5) is 23.7. The van der Waals surface area contributed by atoms with E-state index in [-0.39, 0.29) is 11.3 Å². The van der Waals surface area contributed by atoms with Gasteiger partial charge in [0.15, 0.2) is 0 Å². The van der Waals surface area contributed by atoms with Crippen LogP contribution in [0.15, 0.2) is 48.5 Å². The third-order valence-corrected chi connectivity index (χ3v) is 3.75. The first-order valence-corrected chi connectivity index (χ1v) is 8.50. The fourth-order valence-corrected chi connectivity index (χ4v) is 2.29. The molecule has 2 rings (SSSR count). The maximum absolute atomic E-state index is 12.2. The Balaban J connectivity index is 2.04. The van der Waals surface area contributed by atoms with Gasteiger partial charge in [0, 0.05) is 16.7 Å². The number of ether oxygens (including phenoxy) is 1. The highest BCUT2D eigenvalue weighted by Gasteiger charge is 2.31. The molecule has 4 N–H and O–H groups in total. The molecule has 0 fully saturated rings. The van der Waals surface area contributed by atoms with Gasteiger partial charge in [0.1, 0.15) is 11.8 Å². The first-order chi connectivity index (χ1) is 14.1. The second-order valence-corrected chi connectivity index (χ2v) is 6.07. The van der Waals surface area contributed by atoms with Crippen molar-refractivity contribution in [1.29, 1.82) is 0 Å². The Morgan fingerprint density at radius 2 is 1.50 bits per heavy atom. The Bertz CT molecular complexity index is 946. The predicted octanol–water partition coefficient (Wildman–Crippen LogP) is 1.97. The number of aliphatic hydroxyl groups excluding tert-OH is 1. The molecular weight excluding hydrogens is 405 g/mol. The van der Waals surface area contributed by atoms with E-state index in [1.54, 1.807) is 0 Å². The van der Waals surface area contributed by atoms with Crippen LogP contribution in [0.1, 0.15) is 28.4 Å². The van der Waals surface area contributed by atoms with Crippen molar-refractivity contribution in [3.05, 3.63) is 65.2 Å². The molecule has 0 spiro atoms. The van der Waals surface area contributed by atoms with E-state index in [1.807, 2.05) is 0 Å². The highest BCUT2D eigenvalue weighted by molar-refractivity contribution is 5.97. The number of aliphatic hydroxyl groups is 1. The molecule has 30 heavy (non-hydrogen) atoms. The quantitative estimate of drug-likeness (QED) is 0.335. The molecule has 0 saturated heterocycles. The fourth-order valence-electron chi connectivity index (χ4n) is 2.29. The van der Waals surface area contributed by atoms with Gasteiger partial charge in [0.05, 0.1) is 6.10 Å². The van der Waals surface area contributed by atoms with E-state index in [0.717, 1.165) is 12.1 Å². The van der Waals surface area contributed by atoms with Crippen LogP contribution in [0.2, 0.25) is 0 Å². The van der Waals surface area contributed by atoms with Gasteiger partial charge in [-0.1, -0.05) is 11.8 Å². The third kappa shape index (κ3) is 6.80. The SMILES string of the molecule is CC(O)C(NC(=O)c1ccc(C#Cc2ccc(OC(F)(F)F)cc2)cc1)C(=O)NO. The van der Waals surface area contributed by atoms with E-state index in [1.165, 1.54) is 48.8 Å². The van der Waals surface area contributed by atoms with Crippen LogP contribution in [0.3, 0.4) is 0 Å². The first-order valence-electron chi connectivity index (χ1n) is 8.50. The molecule has 0 aliphatic carbocycles. The molecule has 0 aromatic heterocycles. The molecule has 158 valence electrons. The van der Waals surface area contributed by atoms with Gasteiger partial charge in [-0.05, 0) is 55.5 Å². The Morgan fingerprint density at radius 1 is 1.00 bits per heavy atom. The summed E-state index contributed by atoms with van der Waals surface area (Å²) >= 11 is 0. The van der Waals surface area contributed by atoms with Gasteiger partial charge in [-0.15, -0.1) is 13.2 Å².